The summed E-state index contributed by atoms with van der Waals surface area (Å²) in [5, 5.41) is 14.9. The van der Waals surface area contributed by atoms with Gasteiger partial charge < -0.3 is 9.13 Å². The van der Waals surface area contributed by atoms with Crippen molar-refractivity contribution in [1.82, 2.24) is 29.1 Å². The molecule has 266 valence electrons. The molecule has 10 heteroatoms. The SMILES string of the molecule is N#Cc1c(-n2c3ccccc3c3cc(-c4ncccn4)ccc32)cc(-c2cccc(C(F)(F)F)c2)cc1-n1c2ccccc2c2cc(-c3ncccn3)ccc21. The molecule has 0 aliphatic carbocycles. The van der Waals surface area contributed by atoms with Gasteiger partial charge in [-0.2, -0.15) is 18.4 Å². The Morgan fingerprint density at radius 3 is 1.41 bits per heavy atom. The van der Waals surface area contributed by atoms with E-state index in [9.17, 15) is 18.4 Å². The fourth-order valence-corrected chi connectivity index (χ4v) is 7.76. The molecule has 0 atom stereocenters. The predicted molar refractivity (Wildman–Crippen MR) is 212 cm³/mol. The van der Waals surface area contributed by atoms with Crippen LogP contribution in [0.5, 0.6) is 0 Å². The normalized spacial score (nSPS) is 11.8. The third-order valence-electron chi connectivity index (χ3n) is 10.2. The molecule has 10 rings (SSSR count). The van der Waals surface area contributed by atoms with Crippen LogP contribution in [0.2, 0.25) is 0 Å². The number of rotatable bonds is 5. The van der Waals surface area contributed by atoms with Crippen molar-refractivity contribution in [2.24, 2.45) is 0 Å². The molecule has 7 nitrogen and oxygen atoms in total. The van der Waals surface area contributed by atoms with Crippen molar-refractivity contribution < 1.29 is 13.2 Å². The molecule has 10 aromatic rings. The number of hydrogen-bond acceptors (Lipinski definition) is 5. The molecule has 0 spiro atoms. The number of para-hydroxylation sites is 2. The minimum atomic E-state index is -4.55. The van der Waals surface area contributed by atoms with Gasteiger partial charge in [0.05, 0.1) is 39.0 Å². The first-order valence-corrected chi connectivity index (χ1v) is 17.7. The largest absolute Gasteiger partial charge is 0.416 e. The van der Waals surface area contributed by atoms with Gasteiger partial charge in [-0.05, 0) is 96.1 Å². The number of nitriles is 1. The molecular weight excluding hydrogens is 708 g/mol. The molecule has 56 heavy (non-hydrogen) atoms. The Labute approximate surface area is 317 Å². The maximum atomic E-state index is 14.1. The zero-order valence-corrected chi connectivity index (χ0v) is 29.3. The van der Waals surface area contributed by atoms with Crippen molar-refractivity contribution in [3.8, 4) is 51.3 Å². The van der Waals surface area contributed by atoms with Crippen molar-refractivity contribution in [2.45, 2.75) is 6.18 Å². The second kappa shape index (κ2) is 12.7. The van der Waals surface area contributed by atoms with Crippen LogP contribution in [0.15, 0.2) is 158 Å². The number of nitrogens with zero attached hydrogens (tertiary/aromatic N) is 7. The van der Waals surface area contributed by atoms with Crippen LogP contribution in [-0.2, 0) is 6.18 Å². The van der Waals surface area contributed by atoms with E-state index in [2.05, 4.69) is 26.0 Å². The monoisotopic (exact) mass is 733 g/mol. The van der Waals surface area contributed by atoms with E-state index in [-0.39, 0.29) is 0 Å². The van der Waals surface area contributed by atoms with E-state index in [1.165, 1.54) is 6.07 Å². The molecule has 0 saturated carbocycles. The standard InChI is InChI=1S/C46H26F3N7/c47-46(48,49)32-9-5-8-28(22-32)31-25-42(55-38-12-3-1-10-33(38)35-23-29(14-16-40(35)55)44-51-18-6-19-52-44)37(27-50)43(26-31)56-39-13-4-2-11-34(39)36-24-30(15-17-41(36)56)45-53-20-7-21-54-45/h1-26H. The van der Waals surface area contributed by atoms with Gasteiger partial charge in [-0.1, -0.05) is 48.5 Å². The zero-order chi connectivity index (χ0) is 38.0. The topological polar surface area (TPSA) is 85.2 Å². The smallest absolute Gasteiger partial charge is 0.308 e. The Bertz CT molecular complexity index is 3020. The molecular formula is C46H26F3N7. The van der Waals surface area contributed by atoms with Crippen LogP contribution in [0.4, 0.5) is 13.2 Å². The predicted octanol–water partition coefficient (Wildman–Crippen LogP) is 11.4. The summed E-state index contributed by atoms with van der Waals surface area (Å²) in [6, 6.07) is 42.7. The minimum absolute atomic E-state index is 0.344. The summed E-state index contributed by atoms with van der Waals surface area (Å²) in [7, 11) is 0. The maximum Gasteiger partial charge on any atom is 0.416 e. The first-order valence-electron chi connectivity index (χ1n) is 17.7. The van der Waals surface area contributed by atoms with E-state index in [4.69, 9.17) is 0 Å². The van der Waals surface area contributed by atoms with Gasteiger partial charge >= 0.3 is 6.18 Å². The quantitative estimate of drug-likeness (QED) is 0.176. The van der Waals surface area contributed by atoms with Crippen LogP contribution in [0.25, 0.3) is 88.9 Å². The maximum absolute atomic E-state index is 14.1. The first kappa shape index (κ1) is 33.0. The molecule has 0 N–H and O–H groups in total. The molecule has 0 bridgehead atoms. The summed E-state index contributed by atoms with van der Waals surface area (Å²) in [4.78, 5) is 17.8. The number of alkyl halides is 3. The van der Waals surface area contributed by atoms with E-state index in [0.29, 0.717) is 39.7 Å². The molecule has 6 aromatic carbocycles. The summed E-state index contributed by atoms with van der Waals surface area (Å²) in [6.07, 6.45) is 2.23. The lowest BCUT2D eigenvalue weighted by Crippen LogP contribution is -2.06. The zero-order valence-electron chi connectivity index (χ0n) is 29.3. The van der Waals surface area contributed by atoms with Crippen molar-refractivity contribution in [2.75, 3.05) is 0 Å². The van der Waals surface area contributed by atoms with Gasteiger partial charge in [-0.15, -0.1) is 0 Å². The molecule has 4 heterocycles. The molecule has 0 radical (unpaired) electrons. The number of hydrogen-bond donors (Lipinski definition) is 0. The molecule has 0 aliphatic rings. The van der Waals surface area contributed by atoms with Crippen LogP contribution in [0, 0.1) is 11.3 Å². The van der Waals surface area contributed by atoms with Crippen molar-refractivity contribution in [1.29, 1.82) is 5.26 Å². The summed E-state index contributed by atoms with van der Waals surface area (Å²) in [6.45, 7) is 0. The highest BCUT2D eigenvalue weighted by atomic mass is 19.4. The average Bonchev–Trinajstić information content (AvgIpc) is 3.75. The Morgan fingerprint density at radius 1 is 0.446 bits per heavy atom. The van der Waals surface area contributed by atoms with Gasteiger partial charge in [0.25, 0.3) is 0 Å². The van der Waals surface area contributed by atoms with Gasteiger partial charge in [0, 0.05) is 57.5 Å². The second-order valence-electron chi connectivity index (χ2n) is 13.4. The van der Waals surface area contributed by atoms with Gasteiger partial charge in [-0.3, -0.25) is 0 Å². The van der Waals surface area contributed by atoms with Gasteiger partial charge in [-0.25, -0.2) is 19.9 Å². The second-order valence-corrected chi connectivity index (χ2v) is 13.4. The Balaban J connectivity index is 1.31. The molecule has 0 aliphatic heterocycles. The van der Waals surface area contributed by atoms with Gasteiger partial charge in [0.2, 0.25) is 0 Å². The molecule has 0 fully saturated rings. The van der Waals surface area contributed by atoms with E-state index in [1.54, 1.807) is 43.0 Å². The number of aromatic nitrogens is 6. The van der Waals surface area contributed by atoms with Crippen molar-refractivity contribution >= 4 is 43.6 Å². The lowest BCUT2D eigenvalue weighted by Gasteiger charge is -2.19. The third-order valence-corrected chi connectivity index (χ3v) is 10.2. The minimum Gasteiger partial charge on any atom is -0.308 e. The molecule has 0 unspecified atom stereocenters. The fourth-order valence-electron chi connectivity index (χ4n) is 7.76. The van der Waals surface area contributed by atoms with E-state index in [1.807, 2.05) is 106 Å². The van der Waals surface area contributed by atoms with Crippen molar-refractivity contribution in [3.63, 3.8) is 0 Å². The summed E-state index contributed by atoms with van der Waals surface area (Å²) >= 11 is 0. The first-order chi connectivity index (χ1) is 27.4. The number of benzene rings is 6. The van der Waals surface area contributed by atoms with E-state index >= 15 is 0 Å². The number of fused-ring (bicyclic) bond motifs is 6. The summed E-state index contributed by atoms with van der Waals surface area (Å²) < 4.78 is 46.5. The van der Waals surface area contributed by atoms with Crippen LogP contribution in [-0.4, -0.2) is 29.1 Å². The van der Waals surface area contributed by atoms with Crippen LogP contribution < -0.4 is 0 Å². The molecule has 0 amide bonds. The third kappa shape index (κ3) is 5.28. The van der Waals surface area contributed by atoms with Crippen molar-refractivity contribution in [3.05, 3.63) is 169 Å². The number of halogens is 3. The molecule has 4 aromatic heterocycles. The lowest BCUT2D eigenvalue weighted by atomic mass is 9.98. The summed E-state index contributed by atoms with van der Waals surface area (Å²) in [5.74, 6) is 1.15. The Kier molecular flexibility index (Phi) is 7.50. The highest BCUT2D eigenvalue weighted by molar-refractivity contribution is 6.12. The van der Waals surface area contributed by atoms with Gasteiger partial charge in [0.1, 0.15) is 11.6 Å². The lowest BCUT2D eigenvalue weighted by molar-refractivity contribution is -0.137. The Hall–Kier alpha value is -7.64. The van der Waals surface area contributed by atoms with E-state index in [0.717, 1.165) is 66.9 Å². The molecule has 0 saturated heterocycles. The Morgan fingerprint density at radius 2 is 0.929 bits per heavy atom. The highest BCUT2D eigenvalue weighted by Crippen LogP contribution is 2.42. The van der Waals surface area contributed by atoms with Gasteiger partial charge in [0.15, 0.2) is 11.6 Å². The van der Waals surface area contributed by atoms with Crippen LogP contribution in [0.3, 0.4) is 0 Å². The van der Waals surface area contributed by atoms with Crippen LogP contribution in [0.1, 0.15) is 11.1 Å². The highest BCUT2D eigenvalue weighted by Gasteiger charge is 2.31. The summed E-state index contributed by atoms with van der Waals surface area (Å²) in [5.41, 5.74) is 6.42. The van der Waals surface area contributed by atoms with Crippen LogP contribution >= 0.6 is 0 Å². The average molecular weight is 734 g/mol. The fraction of sp³-hybridized carbons (Fsp3) is 0.0217. The van der Waals surface area contributed by atoms with E-state index < -0.39 is 11.7 Å².